The van der Waals surface area contributed by atoms with Crippen LogP contribution in [0, 0.1) is 0 Å². The molecule has 1 N–H and O–H groups in total. The van der Waals surface area contributed by atoms with Gasteiger partial charge in [-0.2, -0.15) is 0 Å². The molecule has 11 heavy (non-hydrogen) atoms. The Hall–Kier alpha value is -0.830. The lowest BCUT2D eigenvalue weighted by molar-refractivity contribution is 0.380. The van der Waals surface area contributed by atoms with Gasteiger partial charge < -0.3 is 9.84 Å². The first-order valence-corrected chi connectivity index (χ1v) is 3.96. The van der Waals surface area contributed by atoms with Crippen LogP contribution in [0.5, 0.6) is 0 Å². The molecule has 1 rings (SSSR count). The first-order chi connectivity index (χ1) is 5.36. The van der Waals surface area contributed by atoms with Crippen molar-refractivity contribution in [1.29, 1.82) is 0 Å². The molecule has 0 bridgehead atoms. The Morgan fingerprint density at radius 2 is 2.45 bits per heavy atom. The van der Waals surface area contributed by atoms with E-state index in [0.717, 1.165) is 30.8 Å². The molecule has 0 fully saturated rings. The van der Waals surface area contributed by atoms with E-state index in [0.29, 0.717) is 0 Å². The Bertz CT molecular complexity index is 208. The van der Waals surface area contributed by atoms with Crippen molar-refractivity contribution in [3.05, 3.63) is 17.5 Å². The number of likely N-dealkylation sites (N-methyl/N-ethyl adjacent to an activating group) is 1. The lowest BCUT2D eigenvalue weighted by atomic mass is 10.2. The molecule has 0 saturated heterocycles. The average Bonchev–Trinajstić information content (AvgIpc) is 2.48. The summed E-state index contributed by atoms with van der Waals surface area (Å²) in [4.78, 5) is 0. The van der Waals surface area contributed by atoms with E-state index in [-0.39, 0.29) is 0 Å². The van der Waals surface area contributed by atoms with Gasteiger partial charge in [-0.25, -0.2) is 0 Å². The van der Waals surface area contributed by atoms with Crippen molar-refractivity contribution in [2.24, 2.45) is 0 Å². The van der Waals surface area contributed by atoms with Crippen molar-refractivity contribution in [1.82, 2.24) is 10.5 Å². The Morgan fingerprint density at radius 3 is 3.00 bits per heavy atom. The second-order valence-corrected chi connectivity index (χ2v) is 2.49. The topological polar surface area (TPSA) is 38.1 Å². The van der Waals surface area contributed by atoms with Crippen LogP contribution in [-0.4, -0.2) is 18.7 Å². The van der Waals surface area contributed by atoms with Gasteiger partial charge in [-0.05, 0) is 7.05 Å². The minimum Gasteiger partial charge on any atom is -0.361 e. The molecule has 0 aliphatic rings. The zero-order valence-corrected chi connectivity index (χ0v) is 7.05. The normalized spacial score (nSPS) is 10.4. The molecule has 0 aliphatic heterocycles. The lowest BCUT2D eigenvalue weighted by Gasteiger charge is -1.91. The molecule has 0 aliphatic carbocycles. The molecule has 62 valence electrons. The largest absolute Gasteiger partial charge is 0.361 e. The second-order valence-electron chi connectivity index (χ2n) is 2.49. The molecule has 0 unspecified atom stereocenters. The van der Waals surface area contributed by atoms with Crippen LogP contribution < -0.4 is 5.32 Å². The standard InChI is InChI=1S/C8H14N2O/c1-3-8-6-7(10-11-8)4-5-9-2/h6,9H,3-5H2,1-2H3. The smallest absolute Gasteiger partial charge is 0.136 e. The van der Waals surface area contributed by atoms with E-state index in [4.69, 9.17) is 4.52 Å². The van der Waals surface area contributed by atoms with Gasteiger partial charge in [0.05, 0.1) is 5.69 Å². The van der Waals surface area contributed by atoms with E-state index in [1.54, 1.807) is 0 Å². The van der Waals surface area contributed by atoms with E-state index in [9.17, 15) is 0 Å². The summed E-state index contributed by atoms with van der Waals surface area (Å²) >= 11 is 0. The summed E-state index contributed by atoms with van der Waals surface area (Å²) < 4.78 is 5.03. The summed E-state index contributed by atoms with van der Waals surface area (Å²) in [5, 5.41) is 6.97. The number of nitrogens with zero attached hydrogens (tertiary/aromatic N) is 1. The fourth-order valence-electron chi connectivity index (χ4n) is 0.893. The number of rotatable bonds is 4. The predicted octanol–water partition coefficient (Wildman–Crippen LogP) is 0.999. The zero-order valence-electron chi connectivity index (χ0n) is 7.05. The highest BCUT2D eigenvalue weighted by atomic mass is 16.5. The number of aromatic nitrogens is 1. The zero-order chi connectivity index (χ0) is 8.10. The highest BCUT2D eigenvalue weighted by molar-refractivity contribution is 5.05. The van der Waals surface area contributed by atoms with Crippen LogP contribution in [0.2, 0.25) is 0 Å². The highest BCUT2D eigenvalue weighted by Gasteiger charge is 1.99. The van der Waals surface area contributed by atoms with E-state index >= 15 is 0 Å². The van der Waals surface area contributed by atoms with E-state index in [1.807, 2.05) is 13.1 Å². The predicted molar refractivity (Wildman–Crippen MR) is 43.5 cm³/mol. The molecule has 0 aromatic carbocycles. The third kappa shape index (κ3) is 2.35. The van der Waals surface area contributed by atoms with Crippen molar-refractivity contribution >= 4 is 0 Å². The molecule has 0 radical (unpaired) electrons. The van der Waals surface area contributed by atoms with Crippen molar-refractivity contribution in [3.63, 3.8) is 0 Å². The fourth-order valence-corrected chi connectivity index (χ4v) is 0.893. The maximum atomic E-state index is 5.03. The van der Waals surface area contributed by atoms with Gasteiger partial charge in [0.1, 0.15) is 5.76 Å². The fraction of sp³-hybridized carbons (Fsp3) is 0.625. The van der Waals surface area contributed by atoms with Gasteiger partial charge >= 0.3 is 0 Å². The molecule has 3 nitrogen and oxygen atoms in total. The van der Waals surface area contributed by atoms with Crippen LogP contribution >= 0.6 is 0 Å². The maximum Gasteiger partial charge on any atom is 0.136 e. The Balaban J connectivity index is 2.44. The van der Waals surface area contributed by atoms with E-state index in [1.165, 1.54) is 0 Å². The monoisotopic (exact) mass is 154 g/mol. The third-order valence-corrected chi connectivity index (χ3v) is 1.59. The lowest BCUT2D eigenvalue weighted by Crippen LogP contribution is -2.10. The van der Waals surface area contributed by atoms with Crippen molar-refractivity contribution in [2.75, 3.05) is 13.6 Å². The maximum absolute atomic E-state index is 5.03. The quantitative estimate of drug-likeness (QED) is 0.703. The second kappa shape index (κ2) is 4.13. The summed E-state index contributed by atoms with van der Waals surface area (Å²) in [6, 6.07) is 2.01. The minimum atomic E-state index is 0.923. The molecule has 1 aromatic rings. The number of hydrogen-bond donors (Lipinski definition) is 1. The molecule has 0 spiro atoms. The molecule has 0 amide bonds. The average molecular weight is 154 g/mol. The molecular formula is C8H14N2O. The van der Waals surface area contributed by atoms with Gasteiger partial charge in [0.25, 0.3) is 0 Å². The summed E-state index contributed by atoms with van der Waals surface area (Å²) in [7, 11) is 1.93. The van der Waals surface area contributed by atoms with Gasteiger partial charge in [-0.15, -0.1) is 0 Å². The third-order valence-electron chi connectivity index (χ3n) is 1.59. The first-order valence-electron chi connectivity index (χ1n) is 3.96. The number of nitrogens with one attached hydrogen (secondary N) is 1. The molecule has 0 atom stereocenters. The molecular weight excluding hydrogens is 140 g/mol. The minimum absolute atomic E-state index is 0.923. The van der Waals surface area contributed by atoms with Crippen LogP contribution in [0.1, 0.15) is 18.4 Å². The molecule has 0 saturated carbocycles. The Morgan fingerprint density at radius 1 is 1.64 bits per heavy atom. The molecule has 1 heterocycles. The van der Waals surface area contributed by atoms with Crippen molar-refractivity contribution < 1.29 is 4.52 Å². The Labute approximate surface area is 66.8 Å². The SMILES string of the molecule is CCc1cc(CCNC)no1. The van der Waals surface area contributed by atoms with Gasteiger partial charge in [0.15, 0.2) is 0 Å². The first kappa shape index (κ1) is 8.27. The molecule has 3 heteroatoms. The number of aryl methyl sites for hydroxylation is 1. The van der Waals surface area contributed by atoms with Crippen molar-refractivity contribution in [2.45, 2.75) is 19.8 Å². The van der Waals surface area contributed by atoms with Gasteiger partial charge in [0.2, 0.25) is 0 Å². The molecule has 1 aromatic heterocycles. The van der Waals surface area contributed by atoms with E-state index in [2.05, 4.69) is 17.4 Å². The van der Waals surface area contributed by atoms with E-state index < -0.39 is 0 Å². The highest BCUT2D eigenvalue weighted by Crippen LogP contribution is 2.03. The van der Waals surface area contributed by atoms with Crippen LogP contribution in [0.3, 0.4) is 0 Å². The summed E-state index contributed by atoms with van der Waals surface area (Å²) in [6.45, 7) is 3.01. The number of hydrogen-bond acceptors (Lipinski definition) is 3. The van der Waals surface area contributed by atoms with Crippen molar-refractivity contribution in [3.8, 4) is 0 Å². The van der Waals surface area contributed by atoms with Crippen LogP contribution in [0.4, 0.5) is 0 Å². The summed E-state index contributed by atoms with van der Waals surface area (Å²) in [5.41, 5.74) is 1.04. The summed E-state index contributed by atoms with van der Waals surface area (Å²) in [6.07, 6.45) is 1.87. The van der Waals surface area contributed by atoms with Gasteiger partial charge in [-0.1, -0.05) is 12.1 Å². The van der Waals surface area contributed by atoms with Crippen LogP contribution in [-0.2, 0) is 12.8 Å². The van der Waals surface area contributed by atoms with Gasteiger partial charge in [-0.3, -0.25) is 0 Å². The van der Waals surface area contributed by atoms with Crippen LogP contribution in [0.25, 0.3) is 0 Å². The van der Waals surface area contributed by atoms with Crippen LogP contribution in [0.15, 0.2) is 10.6 Å². The summed E-state index contributed by atoms with van der Waals surface area (Å²) in [5.74, 6) is 0.969. The Kier molecular flexibility index (Phi) is 3.11. The van der Waals surface area contributed by atoms with Gasteiger partial charge in [0, 0.05) is 25.5 Å².